The van der Waals surface area contributed by atoms with E-state index in [4.69, 9.17) is 5.11 Å². The van der Waals surface area contributed by atoms with E-state index in [0.717, 1.165) is 24.5 Å². The van der Waals surface area contributed by atoms with Crippen LogP contribution in [0.3, 0.4) is 0 Å². The van der Waals surface area contributed by atoms with Gasteiger partial charge in [-0.25, -0.2) is 13.2 Å². The fraction of sp³-hybridized carbons (Fsp3) is 0.286. The summed E-state index contributed by atoms with van der Waals surface area (Å²) in [6.07, 6.45) is 2.74. The van der Waals surface area contributed by atoms with Gasteiger partial charge in [0, 0.05) is 24.0 Å². The van der Waals surface area contributed by atoms with Crippen LogP contribution in [0.2, 0.25) is 0 Å². The summed E-state index contributed by atoms with van der Waals surface area (Å²) in [5, 5.41) is 22.2. The predicted molar refractivity (Wildman–Crippen MR) is 84.5 cm³/mol. The Kier molecular flexibility index (Phi) is 6.18. The minimum atomic E-state index is -3.79. The zero-order chi connectivity index (χ0) is 18.5. The van der Waals surface area contributed by atoms with E-state index in [9.17, 15) is 28.1 Å². The number of hydrogen-bond donors (Lipinski definition) is 2. The Morgan fingerprint density at radius 2 is 2.04 bits per heavy atom. The smallest absolute Gasteiger partial charge is 0.326 e. The molecule has 1 aromatic rings. The van der Waals surface area contributed by atoms with Gasteiger partial charge < -0.3 is 10.4 Å². The molecule has 0 radical (unpaired) electrons. The zero-order valence-corrected chi connectivity index (χ0v) is 13.6. The molecule has 1 rings (SSSR count). The van der Waals surface area contributed by atoms with Crippen molar-refractivity contribution in [2.45, 2.75) is 23.8 Å². The van der Waals surface area contributed by atoms with Crippen LogP contribution in [0.25, 0.3) is 0 Å². The van der Waals surface area contributed by atoms with Crippen LogP contribution in [-0.4, -0.2) is 42.6 Å². The average Bonchev–Trinajstić information content (AvgIpc) is 2.49. The molecule has 0 fully saturated rings. The lowest BCUT2D eigenvalue weighted by molar-refractivity contribution is -0.385. The van der Waals surface area contributed by atoms with Crippen molar-refractivity contribution in [1.29, 1.82) is 0 Å². The van der Waals surface area contributed by atoms with Gasteiger partial charge in [0.1, 0.15) is 6.04 Å². The second-order valence-corrected chi connectivity index (χ2v) is 6.99. The molecule has 0 bridgehead atoms. The van der Waals surface area contributed by atoms with Gasteiger partial charge >= 0.3 is 5.97 Å². The Bertz CT molecular complexity index is 786. The van der Waals surface area contributed by atoms with E-state index in [2.05, 4.69) is 11.9 Å². The molecule has 1 aromatic carbocycles. The van der Waals surface area contributed by atoms with Crippen molar-refractivity contribution in [3.63, 3.8) is 0 Å². The first-order chi connectivity index (χ1) is 11.1. The lowest BCUT2D eigenvalue weighted by Gasteiger charge is -2.14. The largest absolute Gasteiger partial charge is 0.480 e. The second-order valence-electron chi connectivity index (χ2n) is 4.98. The van der Waals surface area contributed by atoms with Gasteiger partial charge in [0.2, 0.25) is 0 Å². The van der Waals surface area contributed by atoms with Crippen LogP contribution in [0.1, 0.15) is 23.2 Å². The summed E-state index contributed by atoms with van der Waals surface area (Å²) >= 11 is 0. The highest BCUT2D eigenvalue weighted by Gasteiger charge is 2.23. The van der Waals surface area contributed by atoms with Gasteiger partial charge in [-0.05, 0) is 18.9 Å². The van der Waals surface area contributed by atoms with Gasteiger partial charge in [0.05, 0.1) is 9.82 Å². The summed E-state index contributed by atoms with van der Waals surface area (Å²) in [6, 6.07) is 1.45. The number of nitrogens with one attached hydrogen (secondary N) is 1. The SMILES string of the molecule is C=CCCC(NC(=O)c1cc([N+](=O)[O-])cc(S(C)(=O)=O)c1)C(=O)O. The van der Waals surface area contributed by atoms with Crippen molar-refractivity contribution in [2.75, 3.05) is 6.26 Å². The monoisotopic (exact) mass is 356 g/mol. The molecule has 1 unspecified atom stereocenters. The van der Waals surface area contributed by atoms with Crippen LogP contribution < -0.4 is 5.32 Å². The fourth-order valence-corrected chi connectivity index (χ4v) is 2.49. The number of carboxylic acid groups (broad SMARTS) is 1. The van der Waals surface area contributed by atoms with Crippen molar-refractivity contribution in [2.24, 2.45) is 0 Å². The number of aliphatic carboxylic acids is 1. The number of allylic oxidation sites excluding steroid dienone is 1. The maximum absolute atomic E-state index is 12.2. The first kappa shape index (κ1) is 19.3. The number of nitrogens with zero attached hydrogens (tertiary/aromatic N) is 1. The highest BCUT2D eigenvalue weighted by Crippen LogP contribution is 2.21. The van der Waals surface area contributed by atoms with Crippen LogP contribution in [-0.2, 0) is 14.6 Å². The molecule has 0 saturated carbocycles. The van der Waals surface area contributed by atoms with E-state index < -0.39 is 43.3 Å². The van der Waals surface area contributed by atoms with Crippen molar-refractivity contribution >= 4 is 27.4 Å². The molecule has 24 heavy (non-hydrogen) atoms. The zero-order valence-electron chi connectivity index (χ0n) is 12.8. The average molecular weight is 356 g/mol. The Hall–Kier alpha value is -2.75. The Labute approximate surface area is 138 Å². The summed E-state index contributed by atoms with van der Waals surface area (Å²) in [7, 11) is -3.79. The molecule has 0 heterocycles. The number of hydrogen-bond acceptors (Lipinski definition) is 6. The third kappa shape index (κ3) is 5.16. The standard InChI is InChI=1S/C14H16N2O7S/c1-3-4-5-12(14(18)19)15-13(17)9-6-10(16(20)21)8-11(7-9)24(2,22)23/h3,6-8,12H,1,4-5H2,2H3,(H,15,17)(H,18,19). The van der Waals surface area contributed by atoms with Gasteiger partial charge in [0.15, 0.2) is 9.84 Å². The van der Waals surface area contributed by atoms with E-state index >= 15 is 0 Å². The van der Waals surface area contributed by atoms with Crippen LogP contribution in [0.5, 0.6) is 0 Å². The van der Waals surface area contributed by atoms with Gasteiger partial charge in [-0.15, -0.1) is 6.58 Å². The maximum Gasteiger partial charge on any atom is 0.326 e. The number of carbonyl (C=O) groups excluding carboxylic acids is 1. The molecule has 2 N–H and O–H groups in total. The summed E-state index contributed by atoms with van der Waals surface area (Å²) in [5.74, 6) is -2.20. The first-order valence-corrected chi connectivity index (χ1v) is 8.59. The quantitative estimate of drug-likeness (QED) is 0.404. The molecule has 0 spiro atoms. The van der Waals surface area contributed by atoms with E-state index in [0.29, 0.717) is 6.42 Å². The van der Waals surface area contributed by atoms with Gasteiger partial charge in [-0.3, -0.25) is 14.9 Å². The molecular formula is C14H16N2O7S. The summed E-state index contributed by atoms with van der Waals surface area (Å²) in [6.45, 7) is 3.45. The highest BCUT2D eigenvalue weighted by atomic mass is 32.2. The number of benzene rings is 1. The van der Waals surface area contributed by atoms with E-state index in [1.807, 2.05) is 0 Å². The number of rotatable bonds is 8. The Balaban J connectivity index is 3.21. The highest BCUT2D eigenvalue weighted by molar-refractivity contribution is 7.90. The molecule has 1 atom stereocenters. The molecule has 1 amide bonds. The number of nitro groups is 1. The molecule has 10 heteroatoms. The summed E-state index contributed by atoms with van der Waals surface area (Å²) in [4.78, 5) is 32.9. The number of amides is 1. The lowest BCUT2D eigenvalue weighted by Crippen LogP contribution is -2.40. The van der Waals surface area contributed by atoms with E-state index in [1.165, 1.54) is 6.08 Å². The Morgan fingerprint density at radius 1 is 1.42 bits per heavy atom. The third-order valence-electron chi connectivity index (χ3n) is 3.06. The topological polar surface area (TPSA) is 144 Å². The predicted octanol–water partition coefficient (Wildman–Crippen LogP) is 1.15. The van der Waals surface area contributed by atoms with E-state index in [1.54, 1.807) is 0 Å². The molecule has 0 aliphatic rings. The molecule has 0 aliphatic carbocycles. The number of nitro benzene ring substituents is 1. The first-order valence-electron chi connectivity index (χ1n) is 6.70. The maximum atomic E-state index is 12.2. The van der Waals surface area contributed by atoms with Crippen LogP contribution in [0.15, 0.2) is 35.7 Å². The summed E-state index contributed by atoms with van der Waals surface area (Å²) < 4.78 is 23.2. The van der Waals surface area contributed by atoms with Gasteiger partial charge in [-0.1, -0.05) is 6.08 Å². The van der Waals surface area contributed by atoms with Gasteiger partial charge in [0.25, 0.3) is 11.6 Å². The summed E-state index contributed by atoms with van der Waals surface area (Å²) in [5.41, 5.74) is -0.893. The van der Waals surface area contributed by atoms with Crippen molar-refractivity contribution in [3.05, 3.63) is 46.5 Å². The Morgan fingerprint density at radius 3 is 2.50 bits per heavy atom. The number of non-ortho nitro benzene ring substituents is 1. The van der Waals surface area contributed by atoms with Crippen LogP contribution in [0, 0.1) is 10.1 Å². The molecule has 0 aromatic heterocycles. The van der Waals surface area contributed by atoms with Gasteiger partial charge in [-0.2, -0.15) is 0 Å². The number of carboxylic acids is 1. The van der Waals surface area contributed by atoms with Crippen molar-refractivity contribution < 1.29 is 28.0 Å². The molecular weight excluding hydrogens is 340 g/mol. The third-order valence-corrected chi connectivity index (χ3v) is 4.15. The van der Waals surface area contributed by atoms with Crippen LogP contribution in [0.4, 0.5) is 5.69 Å². The second kappa shape index (κ2) is 7.68. The van der Waals surface area contributed by atoms with Crippen LogP contribution >= 0.6 is 0 Å². The molecule has 0 saturated heterocycles. The van der Waals surface area contributed by atoms with E-state index in [-0.39, 0.29) is 12.0 Å². The lowest BCUT2D eigenvalue weighted by atomic mass is 10.1. The molecule has 130 valence electrons. The van der Waals surface area contributed by atoms with Crippen molar-refractivity contribution in [3.8, 4) is 0 Å². The fourth-order valence-electron chi connectivity index (χ4n) is 1.82. The molecule has 9 nitrogen and oxygen atoms in total. The van der Waals surface area contributed by atoms with Crippen molar-refractivity contribution in [1.82, 2.24) is 5.32 Å². The number of sulfone groups is 1. The number of carbonyl (C=O) groups is 2. The minimum Gasteiger partial charge on any atom is -0.480 e. The molecule has 0 aliphatic heterocycles. The normalized spacial score (nSPS) is 12.2. The minimum absolute atomic E-state index is 0.0818.